The van der Waals surface area contributed by atoms with Gasteiger partial charge in [0.25, 0.3) is 10.0 Å². The van der Waals surface area contributed by atoms with Gasteiger partial charge in [-0.25, -0.2) is 18.1 Å². The minimum Gasteiger partial charge on any atom is -0.392 e. The van der Waals surface area contributed by atoms with Crippen LogP contribution < -0.4 is 4.72 Å². The summed E-state index contributed by atoms with van der Waals surface area (Å²) in [5.41, 5.74) is 0.577. The molecule has 0 saturated heterocycles. The Hall–Kier alpha value is -1.02. The average molecular weight is 302 g/mol. The third-order valence-electron chi connectivity index (χ3n) is 2.66. The Morgan fingerprint density at radius 2 is 2.05 bits per heavy atom. The van der Waals surface area contributed by atoms with Gasteiger partial charge >= 0.3 is 0 Å². The molecule has 20 heavy (non-hydrogen) atoms. The minimum absolute atomic E-state index is 0.0402. The lowest BCUT2D eigenvalue weighted by Gasteiger charge is -2.07. The van der Waals surface area contributed by atoms with Gasteiger partial charge in [-0.1, -0.05) is 19.4 Å². The first-order valence-corrected chi connectivity index (χ1v) is 8.21. The number of nitrogens with zero attached hydrogens (tertiary/aromatic N) is 1. The van der Waals surface area contributed by atoms with Crippen LogP contribution in [0, 0.1) is 0 Å². The number of nitrogens with one attached hydrogen (secondary N) is 1. The van der Waals surface area contributed by atoms with Crippen molar-refractivity contribution in [3.8, 4) is 0 Å². The molecule has 0 aliphatic rings. The molecule has 2 N–H and O–H groups in total. The largest absolute Gasteiger partial charge is 0.392 e. The number of aliphatic hydroxyl groups is 1. The molecule has 7 heteroatoms. The molecule has 0 fully saturated rings. The highest BCUT2D eigenvalue weighted by Gasteiger charge is 2.14. The van der Waals surface area contributed by atoms with E-state index in [1.54, 1.807) is 0 Å². The summed E-state index contributed by atoms with van der Waals surface area (Å²) >= 11 is 0. The van der Waals surface area contributed by atoms with E-state index in [-0.39, 0.29) is 11.6 Å². The van der Waals surface area contributed by atoms with Crippen molar-refractivity contribution in [2.75, 3.05) is 19.8 Å². The summed E-state index contributed by atoms with van der Waals surface area (Å²) in [7, 11) is -3.58. The van der Waals surface area contributed by atoms with Gasteiger partial charge in [0.1, 0.15) is 0 Å². The van der Waals surface area contributed by atoms with Crippen molar-refractivity contribution < 1.29 is 18.3 Å². The SMILES string of the molecule is CCCCOCCCNS(=O)(=O)c1ccc(CO)cn1. The van der Waals surface area contributed by atoms with Crippen LogP contribution in [-0.4, -0.2) is 38.3 Å². The molecule has 0 bridgehead atoms. The van der Waals surface area contributed by atoms with Crippen LogP contribution in [0.2, 0.25) is 0 Å². The van der Waals surface area contributed by atoms with Crippen molar-refractivity contribution in [2.45, 2.75) is 37.8 Å². The van der Waals surface area contributed by atoms with Crippen LogP contribution in [-0.2, 0) is 21.4 Å². The van der Waals surface area contributed by atoms with E-state index in [1.165, 1.54) is 18.3 Å². The summed E-state index contributed by atoms with van der Waals surface area (Å²) in [4.78, 5) is 3.82. The molecule has 0 aliphatic carbocycles. The van der Waals surface area contributed by atoms with Crippen molar-refractivity contribution >= 4 is 10.0 Å². The van der Waals surface area contributed by atoms with Gasteiger partial charge in [-0.05, 0) is 24.5 Å². The number of ether oxygens (including phenoxy) is 1. The topological polar surface area (TPSA) is 88.5 Å². The maximum absolute atomic E-state index is 11.9. The van der Waals surface area contributed by atoms with Crippen LogP contribution in [0.4, 0.5) is 0 Å². The fraction of sp³-hybridized carbons (Fsp3) is 0.615. The molecular formula is C13H22N2O4S. The summed E-state index contributed by atoms with van der Waals surface area (Å²) in [6.07, 6.45) is 4.08. The Kier molecular flexibility index (Phi) is 7.68. The lowest BCUT2D eigenvalue weighted by Crippen LogP contribution is -2.26. The van der Waals surface area contributed by atoms with Crippen molar-refractivity contribution in [3.63, 3.8) is 0 Å². The molecule has 0 aliphatic heterocycles. The first kappa shape index (κ1) is 17.0. The van der Waals surface area contributed by atoms with Gasteiger partial charge in [0.2, 0.25) is 0 Å². The predicted octanol–water partition coefficient (Wildman–Crippen LogP) is 1.06. The van der Waals surface area contributed by atoms with Crippen LogP contribution in [0.5, 0.6) is 0 Å². The Balaban J connectivity index is 2.33. The van der Waals surface area contributed by atoms with Crippen LogP contribution in [0.3, 0.4) is 0 Å². The standard InChI is InChI=1S/C13H22N2O4S/c1-2-3-8-19-9-4-7-15-20(17,18)13-6-5-12(11-16)10-14-13/h5-6,10,15-16H,2-4,7-9,11H2,1H3. The summed E-state index contributed by atoms with van der Waals surface area (Å²) in [6.45, 7) is 3.51. The van der Waals surface area contributed by atoms with Gasteiger partial charge in [0.15, 0.2) is 5.03 Å². The molecule has 1 rings (SSSR count). The van der Waals surface area contributed by atoms with Crippen molar-refractivity contribution in [1.29, 1.82) is 0 Å². The lowest BCUT2D eigenvalue weighted by atomic mass is 10.3. The summed E-state index contributed by atoms with van der Waals surface area (Å²) in [5.74, 6) is 0. The van der Waals surface area contributed by atoms with E-state index in [9.17, 15) is 8.42 Å². The highest BCUT2D eigenvalue weighted by molar-refractivity contribution is 7.89. The quantitative estimate of drug-likeness (QED) is 0.631. The zero-order valence-electron chi connectivity index (χ0n) is 11.7. The van der Waals surface area contributed by atoms with Gasteiger partial charge in [0.05, 0.1) is 6.61 Å². The Morgan fingerprint density at radius 3 is 2.65 bits per heavy atom. The van der Waals surface area contributed by atoms with Gasteiger partial charge in [0, 0.05) is 26.0 Å². The van der Waals surface area contributed by atoms with E-state index in [4.69, 9.17) is 9.84 Å². The first-order valence-electron chi connectivity index (χ1n) is 6.73. The number of hydrogen-bond donors (Lipinski definition) is 2. The molecule has 1 aromatic rings. The molecule has 0 saturated carbocycles. The van der Waals surface area contributed by atoms with E-state index < -0.39 is 10.0 Å². The molecule has 0 spiro atoms. The van der Waals surface area contributed by atoms with Gasteiger partial charge in [-0.3, -0.25) is 0 Å². The zero-order chi connectivity index (χ0) is 14.8. The van der Waals surface area contributed by atoms with Crippen LogP contribution in [0.25, 0.3) is 0 Å². The normalized spacial score (nSPS) is 11.7. The molecule has 1 heterocycles. The molecule has 1 aromatic heterocycles. The van der Waals surface area contributed by atoms with Crippen LogP contribution >= 0.6 is 0 Å². The van der Waals surface area contributed by atoms with Crippen LogP contribution in [0.15, 0.2) is 23.4 Å². The fourth-order valence-corrected chi connectivity index (χ4v) is 2.47. The molecule has 0 amide bonds. The maximum Gasteiger partial charge on any atom is 0.258 e. The summed E-state index contributed by atoms with van der Waals surface area (Å²) in [5, 5.41) is 8.83. The van der Waals surface area contributed by atoms with Gasteiger partial charge in [-0.2, -0.15) is 0 Å². The predicted molar refractivity (Wildman–Crippen MR) is 75.7 cm³/mol. The number of sulfonamides is 1. The highest BCUT2D eigenvalue weighted by Crippen LogP contribution is 2.06. The molecule has 6 nitrogen and oxygen atoms in total. The Morgan fingerprint density at radius 1 is 1.30 bits per heavy atom. The summed E-state index contributed by atoms with van der Waals surface area (Å²) in [6, 6.07) is 2.92. The molecule has 0 aromatic carbocycles. The Bertz CT molecular complexity index is 474. The lowest BCUT2D eigenvalue weighted by molar-refractivity contribution is 0.130. The molecular weight excluding hydrogens is 280 g/mol. The van der Waals surface area contributed by atoms with Crippen LogP contribution in [0.1, 0.15) is 31.7 Å². The second-order valence-corrected chi connectivity index (χ2v) is 6.09. The second-order valence-electron chi connectivity index (χ2n) is 4.38. The average Bonchev–Trinajstić information content (AvgIpc) is 2.46. The number of unbranched alkanes of at least 4 members (excludes halogenated alkanes) is 1. The highest BCUT2D eigenvalue weighted by atomic mass is 32.2. The second kappa shape index (κ2) is 9.02. The van der Waals surface area contributed by atoms with Gasteiger partial charge in [-0.15, -0.1) is 0 Å². The fourth-order valence-electron chi connectivity index (χ4n) is 1.47. The Labute approximate surface area is 120 Å². The van der Waals surface area contributed by atoms with E-state index in [0.717, 1.165) is 12.8 Å². The number of aromatic nitrogens is 1. The molecule has 114 valence electrons. The van der Waals surface area contributed by atoms with E-state index in [0.29, 0.717) is 31.7 Å². The van der Waals surface area contributed by atoms with Crippen molar-refractivity contribution in [1.82, 2.24) is 9.71 Å². The first-order chi connectivity index (χ1) is 9.60. The van der Waals surface area contributed by atoms with Crippen molar-refractivity contribution in [3.05, 3.63) is 23.9 Å². The smallest absolute Gasteiger partial charge is 0.258 e. The molecule has 0 atom stereocenters. The number of rotatable bonds is 10. The minimum atomic E-state index is -3.58. The maximum atomic E-state index is 11.9. The molecule has 0 radical (unpaired) electrons. The molecule has 0 unspecified atom stereocenters. The third-order valence-corrected chi connectivity index (χ3v) is 4.03. The number of aliphatic hydroxyl groups excluding tert-OH is 1. The van der Waals surface area contributed by atoms with E-state index in [2.05, 4.69) is 16.6 Å². The number of hydrogen-bond acceptors (Lipinski definition) is 5. The number of pyridine rings is 1. The summed E-state index contributed by atoms with van der Waals surface area (Å²) < 4.78 is 31.6. The monoisotopic (exact) mass is 302 g/mol. The van der Waals surface area contributed by atoms with Gasteiger partial charge < -0.3 is 9.84 Å². The van der Waals surface area contributed by atoms with Crippen molar-refractivity contribution in [2.24, 2.45) is 0 Å². The van der Waals surface area contributed by atoms with E-state index in [1.807, 2.05) is 0 Å². The third kappa shape index (κ3) is 5.96. The van der Waals surface area contributed by atoms with E-state index >= 15 is 0 Å². The zero-order valence-corrected chi connectivity index (χ0v) is 12.5.